The highest BCUT2D eigenvalue weighted by Gasteiger charge is 2.04. The van der Waals surface area contributed by atoms with E-state index in [1.165, 1.54) is 0 Å². The molecule has 0 aliphatic heterocycles. The van der Waals surface area contributed by atoms with Gasteiger partial charge in [0.05, 0.1) is 38.7 Å². The first kappa shape index (κ1) is 14.2. The Kier molecular flexibility index (Phi) is 7.66. The molecular weight excluding hydrogens is 222 g/mol. The Labute approximate surface area is 102 Å². The minimum absolute atomic E-state index is 0.318. The van der Waals surface area contributed by atoms with Crippen molar-refractivity contribution in [2.45, 2.75) is 19.6 Å². The zero-order valence-corrected chi connectivity index (χ0v) is 10.2. The third-order valence-corrected chi connectivity index (χ3v) is 2.15. The number of rotatable bonds is 10. The smallest absolute Gasteiger partial charge is 0.117 e. The van der Waals surface area contributed by atoms with E-state index < -0.39 is 6.10 Å². The molecule has 1 aromatic heterocycles. The van der Waals surface area contributed by atoms with E-state index in [0.717, 1.165) is 5.76 Å². The number of aliphatic hydroxyl groups excluding tert-OH is 1. The number of hydrogen-bond acceptors (Lipinski definition) is 5. The molecule has 5 nitrogen and oxygen atoms in total. The van der Waals surface area contributed by atoms with Crippen LogP contribution in [0.25, 0.3) is 0 Å². The minimum Gasteiger partial charge on any atom is -0.468 e. The predicted molar refractivity (Wildman–Crippen MR) is 63.7 cm³/mol. The zero-order chi connectivity index (χ0) is 12.3. The molecule has 0 saturated heterocycles. The van der Waals surface area contributed by atoms with Crippen molar-refractivity contribution in [3.05, 3.63) is 24.2 Å². The third kappa shape index (κ3) is 7.12. The molecular formula is C12H21NO4. The van der Waals surface area contributed by atoms with Crippen molar-refractivity contribution >= 4 is 0 Å². The van der Waals surface area contributed by atoms with Crippen LogP contribution < -0.4 is 5.32 Å². The van der Waals surface area contributed by atoms with Crippen molar-refractivity contribution in [1.29, 1.82) is 0 Å². The summed E-state index contributed by atoms with van der Waals surface area (Å²) in [5.74, 6) is 0.856. The predicted octanol–water partition coefficient (Wildman–Crippen LogP) is 0.783. The number of nitrogens with one attached hydrogen (secondary N) is 1. The maximum Gasteiger partial charge on any atom is 0.117 e. The topological polar surface area (TPSA) is 63.9 Å². The molecule has 17 heavy (non-hydrogen) atoms. The van der Waals surface area contributed by atoms with Gasteiger partial charge in [-0.2, -0.15) is 0 Å². The summed E-state index contributed by atoms with van der Waals surface area (Å²) in [5, 5.41) is 12.7. The Morgan fingerprint density at radius 2 is 2.24 bits per heavy atom. The van der Waals surface area contributed by atoms with Crippen molar-refractivity contribution in [2.24, 2.45) is 0 Å². The molecule has 5 heteroatoms. The Morgan fingerprint density at radius 3 is 2.94 bits per heavy atom. The molecule has 0 fully saturated rings. The lowest BCUT2D eigenvalue weighted by molar-refractivity contribution is 0.00632. The van der Waals surface area contributed by atoms with Gasteiger partial charge < -0.3 is 24.3 Å². The summed E-state index contributed by atoms with van der Waals surface area (Å²) in [6.45, 7) is 5.13. The molecule has 0 aliphatic carbocycles. The van der Waals surface area contributed by atoms with Crippen LogP contribution in [0.2, 0.25) is 0 Å². The second-order valence-corrected chi connectivity index (χ2v) is 3.64. The number of hydrogen-bond donors (Lipinski definition) is 2. The van der Waals surface area contributed by atoms with Gasteiger partial charge in [0.15, 0.2) is 0 Å². The average molecular weight is 243 g/mol. The monoisotopic (exact) mass is 243 g/mol. The summed E-state index contributed by atoms with van der Waals surface area (Å²) in [7, 11) is 0. The Hall–Kier alpha value is -0.880. The molecule has 98 valence electrons. The van der Waals surface area contributed by atoms with Gasteiger partial charge in [-0.3, -0.25) is 0 Å². The molecule has 0 spiro atoms. The molecule has 0 amide bonds. The second kappa shape index (κ2) is 9.18. The third-order valence-electron chi connectivity index (χ3n) is 2.15. The highest BCUT2D eigenvalue weighted by Crippen LogP contribution is 1.98. The molecule has 0 radical (unpaired) electrons. The van der Waals surface area contributed by atoms with Crippen molar-refractivity contribution in [3.63, 3.8) is 0 Å². The summed E-state index contributed by atoms with van der Waals surface area (Å²) in [6.07, 6.45) is 1.12. The van der Waals surface area contributed by atoms with Crippen LogP contribution in [-0.2, 0) is 16.0 Å². The Bertz CT molecular complexity index is 263. The largest absolute Gasteiger partial charge is 0.468 e. The standard InChI is InChI=1S/C12H21NO4/c1-2-15-6-7-16-10-11(14)8-13-9-12-4-3-5-17-12/h3-5,11,13-14H,2,6-10H2,1H3. The molecule has 0 aliphatic rings. The van der Waals surface area contributed by atoms with Crippen LogP contribution in [0.1, 0.15) is 12.7 Å². The lowest BCUT2D eigenvalue weighted by Gasteiger charge is -2.11. The van der Waals surface area contributed by atoms with E-state index >= 15 is 0 Å². The van der Waals surface area contributed by atoms with Crippen molar-refractivity contribution in [2.75, 3.05) is 33.0 Å². The van der Waals surface area contributed by atoms with Gasteiger partial charge in [-0.25, -0.2) is 0 Å². The van der Waals surface area contributed by atoms with Gasteiger partial charge in [0.2, 0.25) is 0 Å². The maximum atomic E-state index is 9.58. The summed E-state index contributed by atoms with van der Waals surface area (Å²) < 4.78 is 15.5. The van der Waals surface area contributed by atoms with Gasteiger partial charge in [0.25, 0.3) is 0 Å². The molecule has 0 bridgehead atoms. The highest BCUT2D eigenvalue weighted by atomic mass is 16.5. The first-order chi connectivity index (χ1) is 8.33. The molecule has 1 unspecified atom stereocenters. The molecule has 0 saturated carbocycles. The average Bonchev–Trinajstić information content (AvgIpc) is 2.82. The second-order valence-electron chi connectivity index (χ2n) is 3.64. The maximum absolute atomic E-state index is 9.58. The number of aliphatic hydroxyl groups is 1. The fraction of sp³-hybridized carbons (Fsp3) is 0.667. The van der Waals surface area contributed by atoms with E-state index in [4.69, 9.17) is 13.9 Å². The van der Waals surface area contributed by atoms with Crippen LogP contribution in [-0.4, -0.2) is 44.2 Å². The van der Waals surface area contributed by atoms with Crippen LogP contribution in [0.4, 0.5) is 0 Å². The summed E-state index contributed by atoms with van der Waals surface area (Å²) in [5.41, 5.74) is 0. The molecule has 1 heterocycles. The van der Waals surface area contributed by atoms with Gasteiger partial charge in [-0.05, 0) is 19.1 Å². The van der Waals surface area contributed by atoms with E-state index in [9.17, 15) is 5.11 Å². The van der Waals surface area contributed by atoms with E-state index in [1.807, 2.05) is 19.1 Å². The van der Waals surface area contributed by atoms with E-state index in [-0.39, 0.29) is 0 Å². The number of furan rings is 1. The van der Waals surface area contributed by atoms with Gasteiger partial charge in [0.1, 0.15) is 5.76 Å². The Balaban J connectivity index is 1.92. The van der Waals surface area contributed by atoms with E-state index in [1.54, 1.807) is 6.26 Å². The van der Waals surface area contributed by atoms with Crippen molar-refractivity contribution < 1.29 is 19.0 Å². The fourth-order valence-corrected chi connectivity index (χ4v) is 1.32. The van der Waals surface area contributed by atoms with E-state index in [0.29, 0.717) is 39.5 Å². The zero-order valence-electron chi connectivity index (χ0n) is 10.2. The fourth-order valence-electron chi connectivity index (χ4n) is 1.32. The molecule has 1 rings (SSSR count). The highest BCUT2D eigenvalue weighted by molar-refractivity contribution is 4.97. The first-order valence-electron chi connectivity index (χ1n) is 5.89. The van der Waals surface area contributed by atoms with Crippen molar-refractivity contribution in [1.82, 2.24) is 5.32 Å². The van der Waals surface area contributed by atoms with Crippen LogP contribution in [0, 0.1) is 0 Å². The SMILES string of the molecule is CCOCCOCC(O)CNCc1ccco1. The van der Waals surface area contributed by atoms with E-state index in [2.05, 4.69) is 5.32 Å². The van der Waals surface area contributed by atoms with Gasteiger partial charge >= 0.3 is 0 Å². The lowest BCUT2D eigenvalue weighted by Crippen LogP contribution is -2.30. The van der Waals surface area contributed by atoms with Gasteiger partial charge in [0, 0.05) is 13.2 Å². The summed E-state index contributed by atoms with van der Waals surface area (Å²) in [6, 6.07) is 3.72. The molecule has 2 N–H and O–H groups in total. The van der Waals surface area contributed by atoms with Crippen LogP contribution in [0.15, 0.2) is 22.8 Å². The quantitative estimate of drug-likeness (QED) is 0.595. The van der Waals surface area contributed by atoms with Crippen LogP contribution in [0.3, 0.4) is 0 Å². The Morgan fingerprint density at radius 1 is 1.41 bits per heavy atom. The first-order valence-corrected chi connectivity index (χ1v) is 5.89. The van der Waals surface area contributed by atoms with Gasteiger partial charge in [-0.1, -0.05) is 0 Å². The normalized spacial score (nSPS) is 12.8. The minimum atomic E-state index is -0.508. The number of ether oxygens (including phenoxy) is 2. The molecule has 1 aromatic rings. The van der Waals surface area contributed by atoms with Gasteiger partial charge in [-0.15, -0.1) is 0 Å². The van der Waals surface area contributed by atoms with Crippen LogP contribution in [0.5, 0.6) is 0 Å². The lowest BCUT2D eigenvalue weighted by atomic mass is 10.3. The molecule has 0 aromatic carbocycles. The summed E-state index contributed by atoms with van der Waals surface area (Å²) in [4.78, 5) is 0. The summed E-state index contributed by atoms with van der Waals surface area (Å²) >= 11 is 0. The molecule has 1 atom stereocenters. The van der Waals surface area contributed by atoms with Crippen molar-refractivity contribution in [3.8, 4) is 0 Å². The van der Waals surface area contributed by atoms with Crippen LogP contribution >= 0.6 is 0 Å².